The van der Waals surface area contributed by atoms with Gasteiger partial charge in [-0.2, -0.15) is 10.0 Å². The summed E-state index contributed by atoms with van der Waals surface area (Å²) in [5.41, 5.74) is 1.92. The van der Waals surface area contributed by atoms with Crippen LogP contribution >= 0.6 is 0 Å². The normalized spacial score (nSPS) is 14.3. The molecule has 0 bridgehead atoms. The molecule has 14 nitrogen and oxygen atoms in total. The minimum Gasteiger partial charge on any atom is -0.478 e. The predicted molar refractivity (Wildman–Crippen MR) is 325 cm³/mol. The van der Waals surface area contributed by atoms with Crippen LogP contribution in [0.5, 0.6) is 34.5 Å². The molecule has 13 rings (SSSR count). The highest BCUT2D eigenvalue weighted by molar-refractivity contribution is 6.42. The van der Waals surface area contributed by atoms with E-state index in [0.717, 1.165) is 48.6 Å². The first-order valence-corrected chi connectivity index (χ1v) is 28.8. The minimum absolute atomic E-state index is 0.0457. The molecule has 0 aliphatic carbocycles. The van der Waals surface area contributed by atoms with Gasteiger partial charge in [0.05, 0.1) is 27.8 Å². The number of hydrazine groups is 1. The summed E-state index contributed by atoms with van der Waals surface area (Å²) in [6.45, 7) is 15.0. The van der Waals surface area contributed by atoms with Gasteiger partial charge in [-0.1, -0.05) is 123 Å². The Morgan fingerprint density at radius 2 is 0.800 bits per heavy atom. The lowest BCUT2D eigenvalue weighted by Crippen LogP contribution is -2.58. The second-order valence-electron chi connectivity index (χ2n) is 24.3. The molecular weight excluding hydrogens is 1070 g/mol. The monoisotopic (exact) mass is 1130 g/mol. The zero-order valence-corrected chi connectivity index (χ0v) is 48.1. The molecule has 0 saturated carbocycles. The van der Waals surface area contributed by atoms with Crippen molar-refractivity contribution in [3.63, 3.8) is 0 Å². The van der Waals surface area contributed by atoms with E-state index in [1.807, 2.05) is 72.8 Å². The maximum atomic E-state index is 15.8. The molecule has 0 aromatic heterocycles. The Labute approximate surface area is 489 Å². The molecule has 0 unspecified atom stereocenters. The first kappa shape index (κ1) is 54.3. The molecule has 0 atom stereocenters. The van der Waals surface area contributed by atoms with E-state index in [4.69, 9.17) is 14.2 Å². The van der Waals surface area contributed by atoms with E-state index in [0.29, 0.717) is 71.8 Å². The summed E-state index contributed by atoms with van der Waals surface area (Å²) in [7, 11) is 0. The number of rotatable bonds is 15. The van der Waals surface area contributed by atoms with Gasteiger partial charge in [0, 0.05) is 60.8 Å². The Bertz CT molecular complexity index is 4350. The fraction of sp³-hybridized carbons (Fsp3) is 0.225. The third-order valence-electron chi connectivity index (χ3n) is 16.8. The number of unbranched alkanes of at least 4 members (excludes halogenated alkanes) is 5. The van der Waals surface area contributed by atoms with Gasteiger partial charge in [0.25, 0.3) is 35.4 Å². The highest BCUT2D eigenvalue weighted by atomic mass is 16.5. The second-order valence-corrected chi connectivity index (χ2v) is 24.3. The Morgan fingerprint density at radius 1 is 0.400 bits per heavy atom. The molecule has 14 heteroatoms. The number of hydrogen-bond donors (Lipinski definition) is 1. The number of ether oxygens (including phenoxy) is 3. The zero-order valence-electron chi connectivity index (χ0n) is 48.1. The molecule has 85 heavy (non-hydrogen) atoms. The quantitative estimate of drug-likeness (QED) is 0.0447. The standard InChI is InChI=1S/C71H59N3O11/c1-8-9-10-11-12-13-35-72-63(75)47-29-31-49-58-50(32-30-48(57(47)58)64(72)76)66(78)73(65(49)77)74-67(79)51-36-54(84-42-25-19-39(20-26-42)70(2,3)4)60-45-16-14-15-44-53(83-41-23-17-38(18-24-41)69(81)82)34-33-46(56(44)45)61-55(37-52(68(74)80)59(51)62(60)61)85-43-27-21-40(22-28-43)71(5,6)7/h14-34,36-37H,8-13,35H2,1-7H3,(H,81,82). The van der Waals surface area contributed by atoms with Gasteiger partial charge in [-0.15, -0.1) is 0 Å². The van der Waals surface area contributed by atoms with Crippen molar-refractivity contribution in [2.75, 3.05) is 6.54 Å². The summed E-state index contributed by atoms with van der Waals surface area (Å²) in [5, 5.41) is 15.5. The van der Waals surface area contributed by atoms with Crippen LogP contribution in [0.15, 0.2) is 140 Å². The summed E-state index contributed by atoms with van der Waals surface area (Å²) < 4.78 is 20.5. The minimum atomic E-state index is -1.07. The van der Waals surface area contributed by atoms with Crippen LogP contribution < -0.4 is 14.2 Å². The van der Waals surface area contributed by atoms with Crippen molar-refractivity contribution >= 4 is 95.3 Å². The van der Waals surface area contributed by atoms with Crippen molar-refractivity contribution in [2.45, 2.75) is 97.8 Å². The Kier molecular flexibility index (Phi) is 12.9. The van der Waals surface area contributed by atoms with E-state index in [-0.39, 0.29) is 84.0 Å². The van der Waals surface area contributed by atoms with Crippen LogP contribution in [-0.2, 0) is 10.8 Å². The number of amides is 6. The smallest absolute Gasteiger partial charge is 0.335 e. The lowest BCUT2D eigenvalue weighted by molar-refractivity contribution is 0.00210. The number of carbonyl (C=O) groups excluding carboxylic acids is 6. The Morgan fingerprint density at radius 3 is 1.27 bits per heavy atom. The van der Waals surface area contributed by atoms with E-state index in [2.05, 4.69) is 48.5 Å². The van der Waals surface area contributed by atoms with Gasteiger partial charge >= 0.3 is 5.97 Å². The summed E-state index contributed by atoms with van der Waals surface area (Å²) >= 11 is 0. The van der Waals surface area contributed by atoms with Crippen molar-refractivity contribution in [1.29, 1.82) is 0 Å². The highest BCUT2D eigenvalue weighted by Crippen LogP contribution is 2.54. The molecule has 6 amide bonds. The molecule has 0 saturated heterocycles. The van der Waals surface area contributed by atoms with Crippen molar-refractivity contribution in [2.24, 2.45) is 0 Å². The maximum absolute atomic E-state index is 15.8. The Balaban J connectivity index is 1.00. The average molecular weight is 1130 g/mol. The number of nitrogens with zero attached hydrogens (tertiary/aromatic N) is 3. The lowest BCUT2D eigenvalue weighted by atomic mass is 9.83. The van der Waals surface area contributed by atoms with Gasteiger partial charge in [0.2, 0.25) is 0 Å². The third-order valence-corrected chi connectivity index (χ3v) is 16.8. The molecule has 1 N–H and O–H groups in total. The largest absolute Gasteiger partial charge is 0.478 e. The summed E-state index contributed by atoms with van der Waals surface area (Å²) in [5.74, 6) is -3.97. The fourth-order valence-electron chi connectivity index (χ4n) is 12.4. The topological polar surface area (TPSA) is 177 Å². The number of carboxylic acid groups (broad SMARTS) is 1. The van der Waals surface area contributed by atoms with Crippen LogP contribution in [0.2, 0.25) is 0 Å². The number of imide groups is 3. The van der Waals surface area contributed by atoms with Crippen molar-refractivity contribution in [1.82, 2.24) is 14.9 Å². The van der Waals surface area contributed by atoms with Gasteiger partial charge in [0.1, 0.15) is 34.5 Å². The first-order chi connectivity index (χ1) is 40.7. The van der Waals surface area contributed by atoms with Crippen LogP contribution in [0.1, 0.15) is 171 Å². The van der Waals surface area contributed by atoms with E-state index < -0.39 is 41.4 Å². The number of aromatic carboxylic acids is 1. The third kappa shape index (κ3) is 8.80. The predicted octanol–water partition coefficient (Wildman–Crippen LogP) is 16.3. The number of hydrogen-bond acceptors (Lipinski definition) is 10. The second kappa shape index (κ2) is 20.1. The van der Waals surface area contributed by atoms with Crippen LogP contribution in [0.4, 0.5) is 0 Å². The van der Waals surface area contributed by atoms with Crippen LogP contribution in [0.25, 0.3) is 53.9 Å². The molecule has 3 aliphatic rings. The molecule has 10 aromatic carbocycles. The van der Waals surface area contributed by atoms with E-state index in [1.165, 1.54) is 41.3 Å². The van der Waals surface area contributed by atoms with Gasteiger partial charge in [-0.05, 0) is 136 Å². The number of carbonyl (C=O) groups is 7. The highest BCUT2D eigenvalue weighted by Gasteiger charge is 2.48. The van der Waals surface area contributed by atoms with Crippen molar-refractivity contribution < 1.29 is 52.9 Å². The average Bonchev–Trinajstić information content (AvgIpc) is 0.822. The number of carboxylic acids is 1. The van der Waals surface area contributed by atoms with E-state index >= 15 is 19.2 Å². The molecule has 10 aromatic rings. The molecule has 0 radical (unpaired) electrons. The lowest BCUT2D eigenvalue weighted by Gasteiger charge is -2.38. The first-order valence-electron chi connectivity index (χ1n) is 28.8. The number of fused-ring (bicyclic) bond motifs is 2. The SMILES string of the molecule is CCCCCCCCN1C(=O)c2ccc3c4c(ccc(c24)C1=O)C(=O)N(N1C(=O)c2cc(Oc4ccc(C(C)(C)C)cc4)c4c5cccc6c(Oc7ccc(C(=O)O)cc7)ccc(c7c(Oc8ccc(C(C)(C)C)cc8)cc(c2c47)C1=O)c65)C3=O. The molecule has 3 aliphatic heterocycles. The van der Waals surface area contributed by atoms with Crippen LogP contribution in [0.3, 0.4) is 0 Å². The zero-order chi connectivity index (χ0) is 59.5. The molecular formula is C71H59N3O11. The summed E-state index contributed by atoms with van der Waals surface area (Å²) in [6, 6.07) is 39.7. The summed E-state index contributed by atoms with van der Waals surface area (Å²) in [4.78, 5) is 103. The van der Waals surface area contributed by atoms with E-state index in [9.17, 15) is 19.5 Å². The van der Waals surface area contributed by atoms with Crippen molar-refractivity contribution in [3.05, 3.63) is 190 Å². The summed E-state index contributed by atoms with van der Waals surface area (Å²) in [6.07, 6.45) is 5.73. The van der Waals surface area contributed by atoms with Gasteiger partial charge < -0.3 is 19.3 Å². The van der Waals surface area contributed by atoms with Crippen LogP contribution in [-0.4, -0.2) is 68.0 Å². The van der Waals surface area contributed by atoms with Gasteiger partial charge in [-0.3, -0.25) is 33.7 Å². The van der Waals surface area contributed by atoms with Crippen LogP contribution in [0, 0.1) is 0 Å². The molecule has 0 spiro atoms. The maximum Gasteiger partial charge on any atom is 0.335 e. The van der Waals surface area contributed by atoms with Gasteiger partial charge in [0.15, 0.2) is 0 Å². The molecule has 424 valence electrons. The fourth-order valence-corrected chi connectivity index (χ4v) is 12.4. The van der Waals surface area contributed by atoms with Gasteiger partial charge in [-0.25, -0.2) is 4.79 Å². The number of benzene rings is 10. The Hall–Kier alpha value is -9.95. The van der Waals surface area contributed by atoms with Crippen molar-refractivity contribution in [3.8, 4) is 34.5 Å². The van der Waals surface area contributed by atoms with E-state index in [1.54, 1.807) is 30.3 Å². The molecule has 3 heterocycles. The molecule has 0 fully saturated rings.